The highest BCUT2D eigenvalue weighted by Gasteiger charge is 2.30. The van der Waals surface area contributed by atoms with Crippen molar-refractivity contribution in [1.29, 1.82) is 0 Å². The Morgan fingerprint density at radius 3 is 2.32 bits per heavy atom. The lowest BCUT2D eigenvalue weighted by molar-refractivity contribution is -0.120. The summed E-state index contributed by atoms with van der Waals surface area (Å²) in [7, 11) is 1.54. The Morgan fingerprint density at radius 1 is 1.00 bits per heavy atom. The maximum atomic E-state index is 13.2. The standard InChI is InChI=1S/C24H18FN3O3/c1-31-20-13-9-18(10-14-20)24(30)28-22(17-5-3-2-4-6-17)26-21(23(29)27-28)15-16-7-11-19(25)12-8-16/h2-15H,1H3,(H,27,29)/b21-15-. The highest BCUT2D eigenvalue weighted by Crippen LogP contribution is 2.20. The zero-order valence-corrected chi connectivity index (χ0v) is 16.6. The van der Waals surface area contributed by atoms with Gasteiger partial charge in [0.05, 0.1) is 7.11 Å². The van der Waals surface area contributed by atoms with Crippen LogP contribution in [0.5, 0.6) is 5.75 Å². The number of carbonyl (C=O) groups is 2. The van der Waals surface area contributed by atoms with Crippen LogP contribution in [0.3, 0.4) is 0 Å². The van der Waals surface area contributed by atoms with Crippen LogP contribution in [0.2, 0.25) is 0 Å². The first-order chi connectivity index (χ1) is 15.0. The summed E-state index contributed by atoms with van der Waals surface area (Å²) in [5.74, 6) is -0.486. The van der Waals surface area contributed by atoms with Crippen molar-refractivity contribution in [2.75, 3.05) is 7.11 Å². The molecule has 0 saturated heterocycles. The van der Waals surface area contributed by atoms with Gasteiger partial charge in [-0.25, -0.2) is 9.38 Å². The molecule has 2 amide bonds. The molecule has 7 heteroatoms. The zero-order valence-electron chi connectivity index (χ0n) is 16.6. The van der Waals surface area contributed by atoms with Crippen LogP contribution >= 0.6 is 0 Å². The van der Waals surface area contributed by atoms with Crippen LogP contribution in [0.1, 0.15) is 21.5 Å². The third kappa shape index (κ3) is 4.35. The molecule has 0 radical (unpaired) electrons. The molecule has 1 aliphatic heterocycles. The third-order valence-corrected chi connectivity index (χ3v) is 4.63. The van der Waals surface area contributed by atoms with E-state index in [1.54, 1.807) is 48.5 Å². The van der Waals surface area contributed by atoms with E-state index in [9.17, 15) is 14.0 Å². The molecule has 3 aromatic carbocycles. The molecule has 0 fully saturated rings. The fourth-order valence-electron chi connectivity index (χ4n) is 3.03. The molecule has 0 atom stereocenters. The number of hydrazine groups is 1. The Kier molecular flexibility index (Phi) is 5.57. The quantitative estimate of drug-likeness (QED) is 0.659. The Labute approximate surface area is 178 Å². The SMILES string of the molecule is COc1ccc(C(=O)N2NC(=O)/C(=C/c3ccc(F)cc3)N=C2c2ccccc2)cc1. The predicted octanol–water partition coefficient (Wildman–Crippen LogP) is 3.81. The van der Waals surface area contributed by atoms with Gasteiger partial charge in [0.2, 0.25) is 0 Å². The van der Waals surface area contributed by atoms with Crippen LogP contribution in [0.25, 0.3) is 6.08 Å². The van der Waals surface area contributed by atoms with E-state index in [0.29, 0.717) is 22.4 Å². The van der Waals surface area contributed by atoms with E-state index in [1.165, 1.54) is 25.3 Å². The zero-order chi connectivity index (χ0) is 21.8. The van der Waals surface area contributed by atoms with E-state index in [2.05, 4.69) is 10.4 Å². The minimum Gasteiger partial charge on any atom is -0.497 e. The molecule has 4 rings (SSSR count). The lowest BCUT2D eigenvalue weighted by atomic mass is 10.1. The van der Waals surface area contributed by atoms with Gasteiger partial charge in [-0.3, -0.25) is 15.0 Å². The molecule has 154 valence electrons. The van der Waals surface area contributed by atoms with E-state index >= 15 is 0 Å². The van der Waals surface area contributed by atoms with Gasteiger partial charge < -0.3 is 4.74 Å². The molecule has 0 bridgehead atoms. The molecule has 0 saturated carbocycles. The van der Waals surface area contributed by atoms with Crippen molar-refractivity contribution < 1.29 is 18.7 Å². The molecule has 0 unspecified atom stereocenters. The fourth-order valence-corrected chi connectivity index (χ4v) is 3.03. The number of aliphatic imine (C=N–C) groups is 1. The van der Waals surface area contributed by atoms with Crippen molar-refractivity contribution in [2.24, 2.45) is 4.99 Å². The van der Waals surface area contributed by atoms with Gasteiger partial charge >= 0.3 is 0 Å². The number of benzene rings is 3. The van der Waals surface area contributed by atoms with Crippen molar-refractivity contribution in [3.63, 3.8) is 0 Å². The molecule has 0 spiro atoms. The number of carbonyl (C=O) groups excluding carboxylic acids is 2. The van der Waals surface area contributed by atoms with Crippen molar-refractivity contribution in [3.05, 3.63) is 107 Å². The number of nitrogens with one attached hydrogen (secondary N) is 1. The first-order valence-electron chi connectivity index (χ1n) is 9.46. The topological polar surface area (TPSA) is 71.0 Å². The van der Waals surface area contributed by atoms with Crippen molar-refractivity contribution in [1.82, 2.24) is 10.4 Å². The van der Waals surface area contributed by atoms with Gasteiger partial charge in [0.15, 0.2) is 5.84 Å². The number of amides is 2. The molecule has 1 aliphatic rings. The number of methoxy groups -OCH3 is 1. The van der Waals surface area contributed by atoms with Crippen molar-refractivity contribution in [2.45, 2.75) is 0 Å². The molecule has 1 heterocycles. The number of rotatable bonds is 4. The van der Waals surface area contributed by atoms with Gasteiger partial charge in [0.1, 0.15) is 17.3 Å². The van der Waals surface area contributed by atoms with Crippen LogP contribution < -0.4 is 10.2 Å². The molecule has 0 aromatic heterocycles. The third-order valence-electron chi connectivity index (χ3n) is 4.63. The number of halogens is 1. The fraction of sp³-hybridized carbons (Fsp3) is 0.0417. The minimum absolute atomic E-state index is 0.101. The second kappa shape index (κ2) is 8.62. The van der Waals surface area contributed by atoms with E-state index in [1.807, 2.05) is 18.2 Å². The summed E-state index contributed by atoms with van der Waals surface area (Å²) in [6.45, 7) is 0. The molecule has 6 nitrogen and oxygen atoms in total. The highest BCUT2D eigenvalue weighted by molar-refractivity contribution is 6.18. The first kappa shape index (κ1) is 20.0. The number of hydrogen-bond acceptors (Lipinski definition) is 4. The van der Waals surface area contributed by atoms with Crippen LogP contribution in [0, 0.1) is 5.82 Å². The summed E-state index contributed by atoms with van der Waals surface area (Å²) in [5.41, 5.74) is 4.33. The second-order valence-corrected chi connectivity index (χ2v) is 6.69. The summed E-state index contributed by atoms with van der Waals surface area (Å²) < 4.78 is 18.3. The molecular formula is C24H18FN3O3. The normalized spacial score (nSPS) is 14.8. The minimum atomic E-state index is -0.550. The number of ether oxygens (including phenoxy) is 1. The first-order valence-corrected chi connectivity index (χ1v) is 9.46. The Bertz CT molecular complexity index is 1170. The smallest absolute Gasteiger partial charge is 0.288 e. The van der Waals surface area contributed by atoms with E-state index < -0.39 is 11.8 Å². The van der Waals surface area contributed by atoms with E-state index in [4.69, 9.17) is 4.74 Å². The average Bonchev–Trinajstić information content (AvgIpc) is 2.81. The van der Waals surface area contributed by atoms with Crippen LogP contribution in [-0.2, 0) is 4.79 Å². The summed E-state index contributed by atoms with van der Waals surface area (Å²) in [5, 5.41) is 1.13. The predicted molar refractivity (Wildman–Crippen MR) is 115 cm³/mol. The number of amidine groups is 1. The van der Waals surface area contributed by atoms with Gasteiger partial charge in [-0.15, -0.1) is 0 Å². The molecule has 3 aromatic rings. The van der Waals surface area contributed by atoms with Gasteiger partial charge in [-0.2, -0.15) is 5.01 Å². The maximum absolute atomic E-state index is 13.2. The summed E-state index contributed by atoms with van der Waals surface area (Å²) >= 11 is 0. The van der Waals surface area contributed by atoms with Gasteiger partial charge in [-0.05, 0) is 48.0 Å². The largest absolute Gasteiger partial charge is 0.497 e. The lowest BCUT2D eigenvalue weighted by Crippen LogP contribution is -2.53. The lowest BCUT2D eigenvalue weighted by Gasteiger charge is -2.28. The Morgan fingerprint density at radius 2 is 1.68 bits per heavy atom. The van der Waals surface area contributed by atoms with Crippen LogP contribution in [0.15, 0.2) is 89.6 Å². The summed E-state index contributed by atoms with van der Waals surface area (Å²) in [4.78, 5) is 30.3. The Hall–Kier alpha value is -4.26. The van der Waals surface area contributed by atoms with Crippen molar-refractivity contribution >= 4 is 23.7 Å². The number of nitrogens with zero attached hydrogens (tertiary/aromatic N) is 2. The number of hydrogen-bond donors (Lipinski definition) is 1. The highest BCUT2D eigenvalue weighted by atomic mass is 19.1. The van der Waals surface area contributed by atoms with Crippen molar-refractivity contribution in [3.8, 4) is 5.75 Å². The molecule has 0 aliphatic carbocycles. The monoisotopic (exact) mass is 415 g/mol. The maximum Gasteiger partial charge on any atom is 0.288 e. The van der Waals surface area contributed by atoms with E-state index in [0.717, 1.165) is 5.01 Å². The average molecular weight is 415 g/mol. The molecule has 1 N–H and O–H groups in total. The van der Waals surface area contributed by atoms with E-state index in [-0.39, 0.29) is 17.3 Å². The van der Waals surface area contributed by atoms with Crippen LogP contribution in [-0.4, -0.2) is 29.8 Å². The van der Waals surface area contributed by atoms with Crippen LogP contribution in [0.4, 0.5) is 4.39 Å². The summed E-state index contributed by atoms with van der Waals surface area (Å²) in [6.07, 6.45) is 1.53. The Balaban J connectivity index is 1.75. The second-order valence-electron chi connectivity index (χ2n) is 6.69. The molecule has 31 heavy (non-hydrogen) atoms. The van der Waals surface area contributed by atoms with Gasteiger partial charge in [0.25, 0.3) is 11.8 Å². The van der Waals surface area contributed by atoms with Gasteiger partial charge in [-0.1, -0.05) is 42.5 Å². The molecular weight excluding hydrogens is 397 g/mol. The van der Waals surface area contributed by atoms with Gasteiger partial charge in [0, 0.05) is 11.1 Å². The summed E-state index contributed by atoms with van der Waals surface area (Å²) in [6, 6.07) is 21.3.